The summed E-state index contributed by atoms with van der Waals surface area (Å²) >= 11 is 0. The summed E-state index contributed by atoms with van der Waals surface area (Å²) in [6, 6.07) is 53.7. The Kier molecular flexibility index (Phi) is 16.4. The van der Waals surface area contributed by atoms with E-state index < -0.39 is 22.1 Å². The van der Waals surface area contributed by atoms with E-state index in [1.54, 1.807) is 15.9 Å². The fourth-order valence-corrected chi connectivity index (χ4v) is 22.5. The summed E-state index contributed by atoms with van der Waals surface area (Å²) in [5, 5.41) is 4.79. The van der Waals surface area contributed by atoms with Gasteiger partial charge < -0.3 is 13.6 Å². The summed E-state index contributed by atoms with van der Waals surface area (Å²) in [7, 11) is -4.17. The van der Waals surface area contributed by atoms with Crippen molar-refractivity contribution in [3.63, 3.8) is 0 Å². The number of hydrogen-bond acceptors (Lipinski definition) is 3. The van der Waals surface area contributed by atoms with Crippen molar-refractivity contribution in [1.82, 2.24) is 0 Å². The molecule has 3 aliphatic heterocycles. The van der Waals surface area contributed by atoms with Crippen molar-refractivity contribution >= 4 is 60.7 Å². The van der Waals surface area contributed by atoms with Gasteiger partial charge in [-0.2, -0.15) is 0 Å². The summed E-state index contributed by atoms with van der Waals surface area (Å²) in [5.41, 5.74) is 10.7. The van der Waals surface area contributed by atoms with E-state index in [9.17, 15) is 0 Å². The highest BCUT2D eigenvalue weighted by atomic mass is 31.2. The summed E-state index contributed by atoms with van der Waals surface area (Å²) in [6.07, 6.45) is 12.5. The van der Waals surface area contributed by atoms with Crippen molar-refractivity contribution in [2.24, 2.45) is 53.3 Å². The molecule has 6 aliphatic rings. The second-order valence-electron chi connectivity index (χ2n) is 23.5. The third-order valence-electron chi connectivity index (χ3n) is 17.4. The molecule has 3 fully saturated rings. The first-order valence-corrected chi connectivity index (χ1v) is 31.9. The van der Waals surface area contributed by atoms with Gasteiger partial charge in [-0.3, -0.25) is 0 Å². The van der Waals surface area contributed by atoms with Crippen LogP contribution in [0.3, 0.4) is 0 Å². The molecule has 0 N–H and O–H groups in total. The third-order valence-corrected chi connectivity index (χ3v) is 24.8. The maximum atomic E-state index is 7.04. The first kappa shape index (κ1) is 54.6. The van der Waals surface area contributed by atoms with Crippen LogP contribution in [0.2, 0.25) is 0 Å². The van der Waals surface area contributed by atoms with Crippen LogP contribution in [0, 0.1) is 53.3 Å². The zero-order valence-electron chi connectivity index (χ0n) is 44.7. The van der Waals surface area contributed by atoms with Gasteiger partial charge in [-0.15, -0.1) is 0 Å². The van der Waals surface area contributed by atoms with Crippen molar-refractivity contribution in [3.05, 3.63) is 146 Å². The van der Waals surface area contributed by atoms with Crippen molar-refractivity contribution < 1.29 is 13.6 Å². The Labute approximate surface area is 458 Å². The van der Waals surface area contributed by atoms with E-state index in [1.165, 1.54) is 91.2 Å². The van der Waals surface area contributed by atoms with E-state index in [4.69, 9.17) is 13.6 Å². The van der Waals surface area contributed by atoms with Crippen LogP contribution >= 0.6 is 22.1 Å². The van der Waals surface area contributed by atoms with Gasteiger partial charge in [0.15, 0.2) is 39.9 Å². The average molecular weight is 1060 g/mol. The third kappa shape index (κ3) is 10.5. The van der Waals surface area contributed by atoms with E-state index in [-0.39, 0.29) is 22.7 Å². The predicted octanol–water partition coefficient (Wildman–Crippen LogP) is 15.1. The zero-order chi connectivity index (χ0) is 52.8. The highest BCUT2D eigenvalue weighted by Gasteiger charge is 2.54. The van der Waals surface area contributed by atoms with Crippen LogP contribution in [0.15, 0.2) is 146 Å². The van der Waals surface area contributed by atoms with E-state index >= 15 is 0 Å². The molecule has 3 heterocycles. The fourth-order valence-electron chi connectivity index (χ4n) is 13.5. The number of rotatable bonds is 6. The Morgan fingerprint density at radius 2 is 0.560 bits per heavy atom. The standard InChI is InChI=1S/3C22H30BOP/c3*1-15(2)17-13-12-16(3)14-22(17)25(23)21-11-7-5-9-19(21)18-8-4-6-10-20(18)24-25/h3*4-11,15-17,22H,12-14H2,1-3,23H3/t3*16-,17+,22-,25?/m111/s1. The van der Waals surface area contributed by atoms with Crippen LogP contribution in [0.4, 0.5) is 0 Å². The van der Waals surface area contributed by atoms with E-state index in [2.05, 4.69) is 208 Å². The first-order valence-electron chi connectivity index (χ1n) is 27.9. The van der Waals surface area contributed by atoms with Gasteiger partial charge in [0.05, 0.1) is 55.0 Å². The van der Waals surface area contributed by atoms with E-state index in [1.807, 2.05) is 0 Å². The van der Waals surface area contributed by atoms with E-state index in [0.717, 1.165) is 87.5 Å². The van der Waals surface area contributed by atoms with Crippen molar-refractivity contribution in [1.29, 1.82) is 0 Å². The monoisotopic (exact) mass is 1060 g/mol. The molecule has 12 rings (SSSR count). The number of benzene rings is 6. The molecule has 0 amide bonds. The molecule has 0 spiro atoms. The first-order chi connectivity index (χ1) is 36.0. The lowest BCUT2D eigenvalue weighted by atomic mass is 9.77. The van der Waals surface area contributed by atoms with Crippen molar-refractivity contribution in [2.45, 2.75) is 137 Å². The van der Waals surface area contributed by atoms with Crippen molar-refractivity contribution in [2.75, 3.05) is 0 Å². The minimum absolute atomic E-state index is 0.0675. The second kappa shape index (κ2) is 22.5. The molecule has 75 heavy (non-hydrogen) atoms. The zero-order valence-corrected chi connectivity index (χ0v) is 47.4. The highest BCUT2D eigenvalue weighted by molar-refractivity contribution is 8.01. The normalized spacial score (nSPS) is 31.2. The molecule has 6 aromatic rings. The molecule has 6 aromatic carbocycles. The van der Waals surface area contributed by atoms with Crippen LogP contribution in [-0.2, 0) is 0 Å². The highest BCUT2D eigenvalue weighted by Crippen LogP contribution is 2.71. The largest absolute Gasteiger partial charge is 0.392 e. The fraction of sp³-hybridized carbons (Fsp3) is 0.455. The van der Waals surface area contributed by atoms with Crippen LogP contribution in [-0.4, -0.2) is 39.7 Å². The predicted molar refractivity (Wildman–Crippen MR) is 342 cm³/mol. The minimum Gasteiger partial charge on any atom is -0.392 e. The Morgan fingerprint density at radius 3 is 0.813 bits per heavy atom. The van der Waals surface area contributed by atoms with Gasteiger partial charge in [0, 0.05) is 33.4 Å². The van der Waals surface area contributed by atoms with Gasteiger partial charge in [-0.25, -0.2) is 0 Å². The van der Waals surface area contributed by atoms with Crippen molar-refractivity contribution in [3.8, 4) is 50.6 Å². The topological polar surface area (TPSA) is 27.7 Å². The Morgan fingerprint density at radius 1 is 0.333 bits per heavy atom. The lowest BCUT2D eigenvalue weighted by molar-refractivity contribution is 0.236. The second-order valence-corrected chi connectivity index (χ2v) is 29.4. The van der Waals surface area contributed by atoms with Gasteiger partial charge in [-0.1, -0.05) is 191 Å². The van der Waals surface area contributed by atoms with Crippen LogP contribution in [0.1, 0.15) is 120 Å². The van der Waals surface area contributed by atoms with Gasteiger partial charge in [-0.05, 0) is 128 Å². The Bertz CT molecular complexity index is 2630. The summed E-state index contributed by atoms with van der Waals surface area (Å²) < 4.78 is 21.1. The molecule has 12 atom stereocenters. The van der Waals surface area contributed by atoms with Crippen LogP contribution in [0.25, 0.3) is 33.4 Å². The maximum Gasteiger partial charge on any atom is 0.175 e. The molecular weight excluding hydrogens is 966 g/mol. The molecule has 0 radical (unpaired) electrons. The molecule has 3 nitrogen and oxygen atoms in total. The van der Waals surface area contributed by atoms with Gasteiger partial charge >= 0.3 is 0 Å². The SMILES string of the molecule is [BH3-][P+]1([C@@H]2C[C@H](C)CC[C@H]2C(C)C)Oc2ccccc2-c2ccccc21.[BH3-][P+]1([C@@H]2C[C@H](C)CC[C@H]2C(C)C)Oc2ccccc2-c2ccccc21.[BH3-][P+]1([C@@H]2C[C@H](C)CC[C@H]2C(C)C)Oc2ccccc2-c2ccccc21. The quantitative estimate of drug-likeness (QED) is 0.123. The number of hydrogen-bond donors (Lipinski definition) is 0. The molecule has 396 valence electrons. The molecular formula is C66H90B3O3P3. The summed E-state index contributed by atoms with van der Waals surface area (Å²) in [6.45, 7) is 22.0. The number of fused-ring (bicyclic) bond motifs is 9. The number of para-hydroxylation sites is 3. The average Bonchev–Trinajstić information content (AvgIpc) is 3.45. The molecule has 0 bridgehead atoms. The van der Waals surface area contributed by atoms with Crippen LogP contribution in [0.5, 0.6) is 17.2 Å². The Hall–Kier alpha value is -3.80. The molecule has 3 saturated carbocycles. The van der Waals surface area contributed by atoms with Gasteiger partial charge in [0.1, 0.15) is 0 Å². The smallest absolute Gasteiger partial charge is 0.175 e. The van der Waals surface area contributed by atoms with Gasteiger partial charge in [0.2, 0.25) is 0 Å². The Balaban J connectivity index is 0.000000128. The summed E-state index contributed by atoms with van der Waals surface area (Å²) in [5.74, 6) is 10.8. The van der Waals surface area contributed by atoms with E-state index in [0.29, 0.717) is 0 Å². The molecule has 3 aliphatic carbocycles. The summed E-state index contributed by atoms with van der Waals surface area (Å²) in [4.78, 5) is 0. The minimum atomic E-state index is -1.46. The lowest BCUT2D eigenvalue weighted by Crippen LogP contribution is -2.41. The molecule has 0 saturated heterocycles. The lowest BCUT2D eigenvalue weighted by Gasteiger charge is -2.47. The molecule has 0 aromatic heterocycles. The maximum absolute atomic E-state index is 7.04. The molecule has 3 unspecified atom stereocenters. The van der Waals surface area contributed by atoms with Crippen LogP contribution < -0.4 is 29.5 Å². The molecule has 9 heteroatoms. The van der Waals surface area contributed by atoms with Gasteiger partial charge in [0.25, 0.3) is 0 Å².